The molecular weight excluding hydrogens is 185 g/mol. The third-order valence-electron chi connectivity index (χ3n) is 1.78. The Bertz CT molecular complexity index is 421. The molecule has 0 N–H and O–H groups in total. The lowest BCUT2D eigenvalue weighted by Crippen LogP contribution is -1.97. The Morgan fingerprint density at radius 2 is 2.14 bits per heavy atom. The first-order valence-electron chi connectivity index (χ1n) is 3.84. The number of benzene rings is 1. The zero-order valence-corrected chi connectivity index (χ0v) is 7.16. The van der Waals surface area contributed by atoms with Crippen molar-refractivity contribution in [2.75, 3.05) is 0 Å². The van der Waals surface area contributed by atoms with Crippen LogP contribution in [0.1, 0.15) is 21.5 Å². The first-order valence-corrected chi connectivity index (χ1v) is 3.84. The van der Waals surface area contributed by atoms with E-state index in [1.807, 2.05) is 0 Å². The maximum Gasteiger partial charge on any atom is 0.150 e. The lowest BCUT2D eigenvalue weighted by Gasteiger charge is -2.01. The van der Waals surface area contributed by atoms with E-state index in [0.29, 0.717) is 18.1 Å². The Kier molecular flexibility index (Phi) is 3.08. The van der Waals surface area contributed by atoms with Gasteiger partial charge in [0.1, 0.15) is 24.5 Å². The summed E-state index contributed by atoms with van der Waals surface area (Å²) in [6.07, 6.45) is 1.06. The minimum absolute atomic E-state index is 0.00301. The second-order valence-electron chi connectivity index (χ2n) is 2.63. The van der Waals surface area contributed by atoms with Crippen LogP contribution in [-0.4, -0.2) is 12.6 Å². The van der Waals surface area contributed by atoms with Crippen molar-refractivity contribution >= 4 is 12.6 Å². The first-order chi connectivity index (χ1) is 6.72. The molecule has 0 aliphatic carbocycles. The average Bonchev–Trinajstić information content (AvgIpc) is 2.20. The van der Waals surface area contributed by atoms with Crippen molar-refractivity contribution in [2.45, 2.75) is 6.42 Å². The molecule has 0 aliphatic heterocycles. The molecule has 3 nitrogen and oxygen atoms in total. The number of rotatable bonds is 3. The van der Waals surface area contributed by atoms with Crippen LogP contribution in [0.2, 0.25) is 0 Å². The van der Waals surface area contributed by atoms with Crippen LogP contribution in [0.4, 0.5) is 4.39 Å². The second-order valence-corrected chi connectivity index (χ2v) is 2.63. The quantitative estimate of drug-likeness (QED) is 0.675. The zero-order chi connectivity index (χ0) is 10.6. The molecule has 0 spiro atoms. The van der Waals surface area contributed by atoms with E-state index in [-0.39, 0.29) is 17.5 Å². The predicted octanol–water partition coefficient (Wildman–Crippen LogP) is 1.25. The molecule has 1 rings (SSSR count). The van der Waals surface area contributed by atoms with Gasteiger partial charge in [-0.15, -0.1) is 0 Å². The van der Waals surface area contributed by atoms with Crippen molar-refractivity contribution in [1.82, 2.24) is 0 Å². The minimum Gasteiger partial charge on any atom is -0.303 e. The maximum absolute atomic E-state index is 13.0. The summed E-state index contributed by atoms with van der Waals surface area (Å²) in [5, 5.41) is 8.51. The van der Waals surface area contributed by atoms with Gasteiger partial charge in [-0.1, -0.05) is 0 Å². The van der Waals surface area contributed by atoms with Crippen molar-refractivity contribution < 1.29 is 14.0 Å². The SMILES string of the molecule is N#Cc1cc(CC=O)c(C=O)cc1F. The van der Waals surface area contributed by atoms with E-state index < -0.39 is 5.82 Å². The van der Waals surface area contributed by atoms with Gasteiger partial charge in [0.05, 0.1) is 5.56 Å². The van der Waals surface area contributed by atoms with Crippen LogP contribution >= 0.6 is 0 Å². The number of carbonyl (C=O) groups excluding carboxylic acids is 2. The van der Waals surface area contributed by atoms with Crippen LogP contribution in [0.3, 0.4) is 0 Å². The Morgan fingerprint density at radius 1 is 1.43 bits per heavy atom. The standard InChI is InChI=1S/C10H6FNO2/c11-10-4-9(6-14)7(1-2-13)3-8(10)5-12/h2-4,6H,1H2. The molecule has 0 saturated carbocycles. The molecule has 0 radical (unpaired) electrons. The number of carbonyl (C=O) groups is 2. The third-order valence-corrected chi connectivity index (χ3v) is 1.78. The van der Waals surface area contributed by atoms with Gasteiger partial charge < -0.3 is 4.79 Å². The molecule has 1 aromatic rings. The normalized spacial score (nSPS) is 9.14. The monoisotopic (exact) mass is 191 g/mol. The highest BCUT2D eigenvalue weighted by Crippen LogP contribution is 2.14. The number of hydrogen-bond acceptors (Lipinski definition) is 3. The van der Waals surface area contributed by atoms with E-state index in [9.17, 15) is 14.0 Å². The van der Waals surface area contributed by atoms with Crippen LogP contribution < -0.4 is 0 Å². The molecule has 4 heteroatoms. The van der Waals surface area contributed by atoms with Crippen LogP contribution in [0.25, 0.3) is 0 Å². The zero-order valence-electron chi connectivity index (χ0n) is 7.16. The van der Waals surface area contributed by atoms with Gasteiger partial charge in [-0.05, 0) is 17.7 Å². The Morgan fingerprint density at radius 3 is 2.64 bits per heavy atom. The number of hydrogen-bond donors (Lipinski definition) is 0. The molecule has 0 amide bonds. The highest BCUT2D eigenvalue weighted by atomic mass is 19.1. The molecule has 0 atom stereocenters. The minimum atomic E-state index is -0.746. The van der Waals surface area contributed by atoms with Gasteiger partial charge in [0.25, 0.3) is 0 Å². The summed E-state index contributed by atoms with van der Waals surface area (Å²) >= 11 is 0. The molecule has 0 saturated heterocycles. The Hall–Kier alpha value is -2.02. The molecule has 0 unspecified atom stereocenters. The molecule has 0 heterocycles. The summed E-state index contributed by atoms with van der Waals surface area (Å²) in [5.74, 6) is -0.746. The topological polar surface area (TPSA) is 57.9 Å². The summed E-state index contributed by atoms with van der Waals surface area (Å²) in [6.45, 7) is 0. The van der Waals surface area contributed by atoms with Crippen LogP contribution in [0.15, 0.2) is 12.1 Å². The van der Waals surface area contributed by atoms with E-state index in [1.165, 1.54) is 6.07 Å². The first kappa shape index (κ1) is 10.1. The van der Waals surface area contributed by atoms with Gasteiger partial charge in [-0.3, -0.25) is 4.79 Å². The van der Waals surface area contributed by atoms with Crippen molar-refractivity contribution in [3.63, 3.8) is 0 Å². The Labute approximate surface area is 79.8 Å². The van der Waals surface area contributed by atoms with E-state index >= 15 is 0 Å². The molecule has 0 fully saturated rings. The number of halogens is 1. The lowest BCUT2D eigenvalue weighted by atomic mass is 10.0. The van der Waals surface area contributed by atoms with Crippen LogP contribution in [0, 0.1) is 17.1 Å². The van der Waals surface area contributed by atoms with Gasteiger partial charge in [-0.25, -0.2) is 4.39 Å². The van der Waals surface area contributed by atoms with Gasteiger partial charge in [0.2, 0.25) is 0 Å². The van der Waals surface area contributed by atoms with E-state index in [4.69, 9.17) is 5.26 Å². The summed E-state index contributed by atoms with van der Waals surface area (Å²) in [7, 11) is 0. The third kappa shape index (κ3) is 1.83. The molecule has 0 aliphatic rings. The summed E-state index contributed by atoms with van der Waals surface area (Å²) in [6, 6.07) is 3.82. The number of nitriles is 1. The fraction of sp³-hybridized carbons (Fsp3) is 0.100. The molecule has 14 heavy (non-hydrogen) atoms. The van der Waals surface area contributed by atoms with Gasteiger partial charge in [0, 0.05) is 12.0 Å². The maximum atomic E-state index is 13.0. The fourth-order valence-electron chi connectivity index (χ4n) is 1.10. The largest absolute Gasteiger partial charge is 0.303 e. The second kappa shape index (κ2) is 4.28. The van der Waals surface area contributed by atoms with Crippen molar-refractivity contribution in [2.24, 2.45) is 0 Å². The highest BCUT2D eigenvalue weighted by Gasteiger charge is 2.08. The molecule has 1 aromatic carbocycles. The van der Waals surface area contributed by atoms with Crippen LogP contribution in [0.5, 0.6) is 0 Å². The van der Waals surface area contributed by atoms with Crippen LogP contribution in [-0.2, 0) is 11.2 Å². The summed E-state index contributed by atoms with van der Waals surface area (Å²) < 4.78 is 13.0. The Balaban J connectivity index is 3.33. The predicted molar refractivity (Wildman–Crippen MR) is 46.3 cm³/mol. The molecule has 0 aromatic heterocycles. The van der Waals surface area contributed by atoms with E-state index in [2.05, 4.69) is 0 Å². The summed E-state index contributed by atoms with van der Waals surface area (Å²) in [5.41, 5.74) is 0.314. The van der Waals surface area contributed by atoms with Crippen molar-refractivity contribution in [3.8, 4) is 6.07 Å². The van der Waals surface area contributed by atoms with Crippen molar-refractivity contribution in [1.29, 1.82) is 5.26 Å². The van der Waals surface area contributed by atoms with Crippen molar-refractivity contribution in [3.05, 3.63) is 34.6 Å². The van der Waals surface area contributed by atoms with Gasteiger partial charge >= 0.3 is 0 Å². The van der Waals surface area contributed by atoms with Gasteiger partial charge in [0.15, 0.2) is 0 Å². The number of aldehydes is 2. The van der Waals surface area contributed by atoms with E-state index in [0.717, 1.165) is 6.07 Å². The smallest absolute Gasteiger partial charge is 0.150 e. The molecular formula is C10H6FNO2. The average molecular weight is 191 g/mol. The lowest BCUT2D eigenvalue weighted by molar-refractivity contribution is -0.107. The fourth-order valence-corrected chi connectivity index (χ4v) is 1.10. The number of nitrogens with zero attached hydrogens (tertiary/aromatic N) is 1. The highest BCUT2D eigenvalue weighted by molar-refractivity contribution is 5.79. The summed E-state index contributed by atoms with van der Waals surface area (Å²) in [4.78, 5) is 20.7. The van der Waals surface area contributed by atoms with E-state index in [1.54, 1.807) is 6.07 Å². The molecule has 70 valence electrons. The molecule has 0 bridgehead atoms. The van der Waals surface area contributed by atoms with Gasteiger partial charge in [-0.2, -0.15) is 5.26 Å².